The summed E-state index contributed by atoms with van der Waals surface area (Å²) in [6, 6.07) is 11.3. The number of rotatable bonds is 8. The van der Waals surface area contributed by atoms with Crippen molar-refractivity contribution in [3.63, 3.8) is 0 Å². The summed E-state index contributed by atoms with van der Waals surface area (Å²) in [5, 5.41) is 25.7. The van der Waals surface area contributed by atoms with Crippen molar-refractivity contribution < 1.29 is 9.72 Å². The number of carbonyl (C=O) groups is 1. The third kappa shape index (κ3) is 5.08. The summed E-state index contributed by atoms with van der Waals surface area (Å²) < 4.78 is 1.15. The molecule has 13 heteroatoms. The number of nitrogens with one attached hydrogen (secondary N) is 2. The quantitative estimate of drug-likeness (QED) is 0.160. The van der Waals surface area contributed by atoms with Gasteiger partial charge in [-0.2, -0.15) is 5.10 Å². The van der Waals surface area contributed by atoms with Crippen LogP contribution in [0.1, 0.15) is 12.6 Å². The molecule has 154 valence electrons. The summed E-state index contributed by atoms with van der Waals surface area (Å²) in [6.07, 6.45) is 1.66. The van der Waals surface area contributed by atoms with Crippen LogP contribution in [0.25, 0.3) is 0 Å². The Labute approximate surface area is 174 Å². The molecule has 0 saturated carbocycles. The maximum Gasteiger partial charge on any atom is 0.292 e. The molecule has 0 aliphatic heterocycles. The number of carbonyl (C=O) groups excluding carboxylic acids is 1. The lowest BCUT2D eigenvalue weighted by Crippen LogP contribution is -2.17. The second-order valence-electron chi connectivity index (χ2n) is 5.81. The first-order valence-corrected chi connectivity index (χ1v) is 9.52. The van der Waals surface area contributed by atoms with Crippen LogP contribution < -0.4 is 16.6 Å². The number of aromatic nitrogens is 4. The zero-order chi connectivity index (χ0) is 21.5. The average Bonchev–Trinajstić information content (AvgIpc) is 3.10. The molecule has 2 aromatic heterocycles. The van der Waals surface area contributed by atoms with Gasteiger partial charge in [0.2, 0.25) is 11.1 Å². The molecular weight excluding hydrogens is 410 g/mol. The minimum atomic E-state index is -0.565. The van der Waals surface area contributed by atoms with E-state index in [1.165, 1.54) is 18.2 Å². The second-order valence-corrected chi connectivity index (χ2v) is 6.75. The van der Waals surface area contributed by atoms with Gasteiger partial charge in [-0.25, -0.2) is 10.1 Å². The minimum absolute atomic E-state index is 0.0718. The molecule has 0 saturated heterocycles. The third-order valence-electron chi connectivity index (χ3n) is 3.73. The number of anilines is 2. The molecular formula is C17H17N9O3S. The van der Waals surface area contributed by atoms with Crippen molar-refractivity contribution in [2.24, 2.45) is 5.10 Å². The monoisotopic (exact) mass is 427 g/mol. The van der Waals surface area contributed by atoms with Crippen LogP contribution in [0.15, 0.2) is 58.9 Å². The minimum Gasteiger partial charge on any atom is -0.334 e. The molecule has 3 aromatic rings. The Morgan fingerprint density at radius 3 is 2.77 bits per heavy atom. The van der Waals surface area contributed by atoms with Crippen LogP contribution >= 0.6 is 11.8 Å². The van der Waals surface area contributed by atoms with Gasteiger partial charge in [0.25, 0.3) is 11.6 Å². The fourth-order valence-electron chi connectivity index (χ4n) is 2.27. The van der Waals surface area contributed by atoms with Crippen molar-refractivity contribution in [1.82, 2.24) is 19.9 Å². The molecule has 0 atom stereocenters. The maximum absolute atomic E-state index is 12.2. The average molecular weight is 427 g/mol. The summed E-state index contributed by atoms with van der Waals surface area (Å²) in [5.74, 6) is 5.59. The van der Waals surface area contributed by atoms with Crippen LogP contribution in [0.4, 0.5) is 17.3 Å². The van der Waals surface area contributed by atoms with E-state index in [0.29, 0.717) is 11.4 Å². The van der Waals surface area contributed by atoms with Gasteiger partial charge < -0.3 is 11.2 Å². The number of hydrogen-bond donors (Lipinski definition) is 3. The Morgan fingerprint density at radius 2 is 2.03 bits per heavy atom. The Morgan fingerprint density at radius 1 is 1.27 bits per heavy atom. The molecule has 3 rings (SSSR count). The molecule has 0 unspecified atom stereocenters. The van der Waals surface area contributed by atoms with Gasteiger partial charge in [-0.05, 0) is 25.1 Å². The molecule has 0 aliphatic rings. The number of thioether (sulfide) groups is 1. The maximum atomic E-state index is 12.2. The summed E-state index contributed by atoms with van der Waals surface area (Å²) in [5.41, 5.74) is 3.94. The lowest BCUT2D eigenvalue weighted by molar-refractivity contribution is -0.383. The molecule has 1 amide bonds. The van der Waals surface area contributed by atoms with E-state index < -0.39 is 10.8 Å². The number of nitrogens with zero attached hydrogens (tertiary/aromatic N) is 6. The van der Waals surface area contributed by atoms with Crippen molar-refractivity contribution in [3.05, 3.63) is 64.5 Å². The highest BCUT2D eigenvalue weighted by molar-refractivity contribution is 7.99. The number of amides is 1. The lowest BCUT2D eigenvalue weighted by Gasteiger charge is -2.06. The second kappa shape index (κ2) is 9.47. The van der Waals surface area contributed by atoms with Gasteiger partial charge in [-0.1, -0.05) is 30.0 Å². The number of pyridine rings is 1. The summed E-state index contributed by atoms with van der Waals surface area (Å²) in [4.78, 5) is 26.8. The van der Waals surface area contributed by atoms with Crippen LogP contribution in [-0.2, 0) is 4.79 Å². The first-order chi connectivity index (χ1) is 14.5. The van der Waals surface area contributed by atoms with Gasteiger partial charge in [0.15, 0.2) is 0 Å². The van der Waals surface area contributed by atoms with E-state index in [1.54, 1.807) is 25.3 Å². The summed E-state index contributed by atoms with van der Waals surface area (Å²) in [6.45, 7) is 1.77. The molecule has 1 aromatic carbocycles. The number of hydrazone groups is 1. The molecule has 0 fully saturated rings. The van der Waals surface area contributed by atoms with E-state index in [-0.39, 0.29) is 28.2 Å². The standard InChI is InChI=1S/C17H17N9O3S/c1-11(12-6-4-5-9-19-12)21-22-16-23-24-17(25(16)18)30-10-15(27)20-13-7-2-3-8-14(13)26(28)29/h2-9H,10,18H2,1H3,(H,20,27)(H,22,23)/b21-11+. The number of nitrogens with two attached hydrogens (primary N) is 1. The number of nitro groups is 1. The largest absolute Gasteiger partial charge is 0.334 e. The van der Waals surface area contributed by atoms with E-state index >= 15 is 0 Å². The fourth-order valence-corrected chi connectivity index (χ4v) is 2.93. The van der Waals surface area contributed by atoms with Crippen LogP contribution in [0, 0.1) is 10.1 Å². The number of nitrogen functional groups attached to an aromatic ring is 1. The molecule has 0 spiro atoms. The Bertz CT molecular complexity index is 1090. The van der Waals surface area contributed by atoms with Gasteiger partial charge >= 0.3 is 0 Å². The van der Waals surface area contributed by atoms with E-state index in [1.807, 2.05) is 12.1 Å². The highest BCUT2D eigenvalue weighted by Crippen LogP contribution is 2.24. The predicted octanol–water partition coefficient (Wildman–Crippen LogP) is 1.86. The van der Waals surface area contributed by atoms with Crippen LogP contribution in [0.2, 0.25) is 0 Å². The van der Waals surface area contributed by atoms with Gasteiger partial charge in [0, 0.05) is 12.3 Å². The molecule has 12 nitrogen and oxygen atoms in total. The van der Waals surface area contributed by atoms with Crippen molar-refractivity contribution in [3.8, 4) is 0 Å². The molecule has 30 heavy (non-hydrogen) atoms. The molecule has 0 aliphatic carbocycles. The Kier molecular flexibility index (Phi) is 6.54. The molecule has 0 bridgehead atoms. The van der Waals surface area contributed by atoms with E-state index in [9.17, 15) is 14.9 Å². The Hall–Kier alpha value is -4.00. The van der Waals surface area contributed by atoms with Gasteiger partial charge in [-0.3, -0.25) is 19.9 Å². The number of hydrogen-bond acceptors (Lipinski definition) is 10. The Balaban J connectivity index is 1.59. The highest BCUT2D eigenvalue weighted by atomic mass is 32.2. The zero-order valence-electron chi connectivity index (χ0n) is 15.7. The highest BCUT2D eigenvalue weighted by Gasteiger charge is 2.16. The number of benzene rings is 1. The number of para-hydroxylation sites is 2. The van der Waals surface area contributed by atoms with Gasteiger partial charge in [-0.15, -0.1) is 10.2 Å². The van der Waals surface area contributed by atoms with Crippen molar-refractivity contribution in [2.75, 3.05) is 22.3 Å². The molecule has 0 radical (unpaired) electrons. The smallest absolute Gasteiger partial charge is 0.292 e. The summed E-state index contributed by atoms with van der Waals surface area (Å²) >= 11 is 1.02. The van der Waals surface area contributed by atoms with Crippen molar-refractivity contribution >= 4 is 40.7 Å². The van der Waals surface area contributed by atoms with Crippen LogP contribution in [-0.4, -0.2) is 42.2 Å². The molecule has 2 heterocycles. The normalized spacial score (nSPS) is 11.2. The van der Waals surface area contributed by atoms with Crippen LogP contribution in [0.5, 0.6) is 0 Å². The van der Waals surface area contributed by atoms with Crippen LogP contribution in [0.3, 0.4) is 0 Å². The number of nitro benzene ring substituents is 1. The predicted molar refractivity (Wildman–Crippen MR) is 113 cm³/mol. The topological polar surface area (TPSA) is 166 Å². The first-order valence-electron chi connectivity index (χ1n) is 8.54. The van der Waals surface area contributed by atoms with Gasteiger partial charge in [0.05, 0.1) is 22.1 Å². The summed E-state index contributed by atoms with van der Waals surface area (Å²) in [7, 11) is 0. The lowest BCUT2D eigenvalue weighted by atomic mass is 10.2. The third-order valence-corrected chi connectivity index (χ3v) is 4.67. The van der Waals surface area contributed by atoms with E-state index in [4.69, 9.17) is 5.84 Å². The first kappa shape index (κ1) is 20.7. The molecule has 4 N–H and O–H groups in total. The van der Waals surface area contributed by atoms with E-state index in [2.05, 4.69) is 31.0 Å². The fraction of sp³-hybridized carbons (Fsp3) is 0.118. The van der Waals surface area contributed by atoms with E-state index in [0.717, 1.165) is 16.4 Å². The van der Waals surface area contributed by atoms with Crippen molar-refractivity contribution in [2.45, 2.75) is 12.1 Å². The van der Waals surface area contributed by atoms with Crippen molar-refractivity contribution in [1.29, 1.82) is 0 Å². The SMILES string of the molecule is C/C(=N\Nc1nnc(SCC(=O)Nc2ccccc2[N+](=O)[O-])n1N)c1ccccn1. The zero-order valence-corrected chi connectivity index (χ0v) is 16.5. The van der Waals surface area contributed by atoms with Gasteiger partial charge in [0.1, 0.15) is 5.69 Å².